The Morgan fingerprint density at radius 3 is 2.70 bits per heavy atom. The highest BCUT2D eigenvalue weighted by molar-refractivity contribution is 6.31. The van der Waals surface area contributed by atoms with Crippen molar-refractivity contribution in [3.05, 3.63) is 46.6 Å². The van der Waals surface area contributed by atoms with Gasteiger partial charge < -0.3 is 15.2 Å². The van der Waals surface area contributed by atoms with Crippen molar-refractivity contribution in [2.24, 2.45) is 0 Å². The lowest BCUT2D eigenvalue weighted by molar-refractivity contribution is 0.219. The number of aromatic nitrogens is 1. The zero-order valence-electron chi connectivity index (χ0n) is 12.8. The lowest BCUT2D eigenvalue weighted by atomic mass is 10.1. The molecular weight excluding hydrogens is 326 g/mol. The summed E-state index contributed by atoms with van der Waals surface area (Å²) >= 11 is 5.83. The smallest absolute Gasteiger partial charge is 0.166 e. The highest BCUT2D eigenvalue weighted by atomic mass is 35.5. The maximum absolute atomic E-state index is 13.9. The standard InChI is InChI=1S/C16H17ClF2N2O2/c1-3-6-22-10-7-13(16(20)21-8-10)23-9(2)14-11(18)4-5-12(19)15(14)17/h4-5,7-9H,3,6H2,1-2H3,(H2,20,21). The third kappa shape index (κ3) is 4.01. The van der Waals surface area contributed by atoms with Crippen LogP contribution in [0.15, 0.2) is 24.4 Å². The molecule has 1 unspecified atom stereocenters. The van der Waals surface area contributed by atoms with Crippen molar-refractivity contribution in [1.29, 1.82) is 0 Å². The largest absolute Gasteiger partial charge is 0.492 e. The Morgan fingerprint density at radius 1 is 1.30 bits per heavy atom. The first-order valence-electron chi connectivity index (χ1n) is 7.12. The normalized spacial score (nSPS) is 12.0. The van der Waals surface area contributed by atoms with Gasteiger partial charge in [0.25, 0.3) is 0 Å². The number of halogens is 3. The molecule has 0 saturated carbocycles. The molecule has 0 saturated heterocycles. The molecule has 1 atom stereocenters. The Labute approximate surface area is 138 Å². The van der Waals surface area contributed by atoms with Crippen molar-refractivity contribution < 1.29 is 18.3 Å². The van der Waals surface area contributed by atoms with Gasteiger partial charge in [-0.1, -0.05) is 18.5 Å². The number of anilines is 1. The Morgan fingerprint density at radius 2 is 2.00 bits per heavy atom. The van der Waals surface area contributed by atoms with Crippen LogP contribution in [0.4, 0.5) is 14.6 Å². The van der Waals surface area contributed by atoms with E-state index in [-0.39, 0.29) is 22.2 Å². The Balaban J connectivity index is 2.26. The second kappa shape index (κ2) is 7.46. The van der Waals surface area contributed by atoms with Crippen molar-refractivity contribution in [2.45, 2.75) is 26.4 Å². The zero-order valence-corrected chi connectivity index (χ0v) is 13.5. The van der Waals surface area contributed by atoms with E-state index in [0.29, 0.717) is 12.4 Å². The molecule has 2 N–H and O–H groups in total. The molecule has 1 heterocycles. The first-order chi connectivity index (χ1) is 10.9. The number of pyridine rings is 1. The quantitative estimate of drug-likeness (QED) is 0.784. The lowest BCUT2D eigenvalue weighted by Crippen LogP contribution is -2.09. The van der Waals surface area contributed by atoms with E-state index in [1.807, 2.05) is 6.92 Å². The summed E-state index contributed by atoms with van der Waals surface area (Å²) in [5.74, 6) is -0.563. The number of benzene rings is 1. The summed E-state index contributed by atoms with van der Waals surface area (Å²) in [6, 6.07) is 3.52. The van der Waals surface area contributed by atoms with Crippen molar-refractivity contribution in [1.82, 2.24) is 4.98 Å². The maximum Gasteiger partial charge on any atom is 0.166 e. The SMILES string of the molecule is CCCOc1cnc(N)c(OC(C)c2c(F)ccc(F)c2Cl)c1. The molecule has 0 amide bonds. The molecule has 0 aliphatic rings. The van der Waals surface area contributed by atoms with Gasteiger partial charge in [0.2, 0.25) is 0 Å². The fourth-order valence-electron chi connectivity index (χ4n) is 2.00. The highest BCUT2D eigenvalue weighted by Crippen LogP contribution is 2.34. The van der Waals surface area contributed by atoms with Gasteiger partial charge in [0.15, 0.2) is 11.6 Å². The molecule has 2 aromatic rings. The Bertz CT molecular complexity index is 698. The van der Waals surface area contributed by atoms with Crippen molar-refractivity contribution in [3.8, 4) is 11.5 Å². The second-order valence-corrected chi connectivity index (χ2v) is 5.30. The van der Waals surface area contributed by atoms with E-state index < -0.39 is 17.7 Å². The molecule has 0 fully saturated rings. The summed E-state index contributed by atoms with van der Waals surface area (Å²) in [6.45, 7) is 4.03. The summed E-state index contributed by atoms with van der Waals surface area (Å²) < 4.78 is 38.5. The van der Waals surface area contributed by atoms with E-state index in [0.717, 1.165) is 18.6 Å². The van der Waals surface area contributed by atoms with Gasteiger partial charge >= 0.3 is 0 Å². The summed E-state index contributed by atoms with van der Waals surface area (Å²) in [6.07, 6.45) is 1.45. The van der Waals surface area contributed by atoms with Gasteiger partial charge in [-0.25, -0.2) is 13.8 Å². The van der Waals surface area contributed by atoms with Crippen LogP contribution >= 0.6 is 11.6 Å². The maximum atomic E-state index is 13.9. The van der Waals surface area contributed by atoms with Crippen LogP contribution in [-0.2, 0) is 0 Å². The van der Waals surface area contributed by atoms with E-state index in [1.165, 1.54) is 6.20 Å². The fraction of sp³-hybridized carbons (Fsp3) is 0.312. The number of nitrogens with two attached hydrogens (primary N) is 1. The highest BCUT2D eigenvalue weighted by Gasteiger charge is 2.21. The molecule has 2 rings (SSSR count). The molecule has 0 aliphatic carbocycles. The predicted octanol–water partition coefficient (Wildman–Crippen LogP) is 4.52. The van der Waals surface area contributed by atoms with Crippen molar-refractivity contribution in [2.75, 3.05) is 12.3 Å². The molecule has 0 radical (unpaired) electrons. The van der Waals surface area contributed by atoms with Gasteiger partial charge in [-0.2, -0.15) is 0 Å². The Kier molecular flexibility index (Phi) is 5.60. The van der Waals surface area contributed by atoms with E-state index in [4.69, 9.17) is 26.8 Å². The van der Waals surface area contributed by atoms with Gasteiger partial charge in [0.05, 0.1) is 17.8 Å². The molecule has 0 aliphatic heterocycles. The van der Waals surface area contributed by atoms with Crippen LogP contribution in [0.2, 0.25) is 5.02 Å². The average Bonchev–Trinajstić information content (AvgIpc) is 2.52. The van der Waals surface area contributed by atoms with Crippen LogP contribution in [0.25, 0.3) is 0 Å². The number of hydrogen-bond donors (Lipinski definition) is 1. The molecule has 23 heavy (non-hydrogen) atoms. The minimum atomic E-state index is -0.858. The molecule has 0 spiro atoms. The molecule has 4 nitrogen and oxygen atoms in total. The van der Waals surface area contributed by atoms with Crippen LogP contribution in [0, 0.1) is 11.6 Å². The fourth-order valence-corrected chi connectivity index (χ4v) is 2.30. The van der Waals surface area contributed by atoms with Gasteiger partial charge in [0.1, 0.15) is 23.5 Å². The molecular formula is C16H17ClF2N2O2. The van der Waals surface area contributed by atoms with E-state index in [2.05, 4.69) is 4.98 Å². The molecule has 1 aromatic carbocycles. The van der Waals surface area contributed by atoms with Gasteiger partial charge in [-0.15, -0.1) is 0 Å². The second-order valence-electron chi connectivity index (χ2n) is 4.92. The van der Waals surface area contributed by atoms with Crippen LogP contribution in [-0.4, -0.2) is 11.6 Å². The number of nitrogens with zero attached hydrogens (tertiary/aromatic N) is 1. The number of nitrogen functional groups attached to an aromatic ring is 1. The Hall–Kier alpha value is -2.08. The summed E-state index contributed by atoms with van der Waals surface area (Å²) in [4.78, 5) is 3.97. The van der Waals surface area contributed by atoms with Crippen molar-refractivity contribution >= 4 is 17.4 Å². The monoisotopic (exact) mass is 342 g/mol. The van der Waals surface area contributed by atoms with Crippen LogP contribution in [0.3, 0.4) is 0 Å². The minimum absolute atomic E-state index is 0.0778. The van der Waals surface area contributed by atoms with Crippen LogP contribution in [0.5, 0.6) is 11.5 Å². The molecule has 7 heteroatoms. The number of ether oxygens (including phenoxy) is 2. The molecule has 124 valence electrons. The lowest BCUT2D eigenvalue weighted by Gasteiger charge is -2.18. The van der Waals surface area contributed by atoms with Crippen LogP contribution in [0.1, 0.15) is 31.9 Å². The molecule has 0 bridgehead atoms. The van der Waals surface area contributed by atoms with Gasteiger partial charge in [-0.3, -0.25) is 0 Å². The van der Waals surface area contributed by atoms with E-state index in [1.54, 1.807) is 13.0 Å². The van der Waals surface area contributed by atoms with Gasteiger partial charge in [0, 0.05) is 11.6 Å². The third-order valence-corrected chi connectivity index (χ3v) is 3.50. The van der Waals surface area contributed by atoms with E-state index >= 15 is 0 Å². The van der Waals surface area contributed by atoms with Gasteiger partial charge in [-0.05, 0) is 25.5 Å². The number of rotatable bonds is 6. The summed E-state index contributed by atoms with van der Waals surface area (Å²) in [5, 5.41) is -0.317. The first kappa shape index (κ1) is 17.3. The number of hydrogen-bond acceptors (Lipinski definition) is 4. The molecule has 1 aromatic heterocycles. The van der Waals surface area contributed by atoms with Crippen LogP contribution < -0.4 is 15.2 Å². The average molecular weight is 343 g/mol. The zero-order chi connectivity index (χ0) is 17.0. The topological polar surface area (TPSA) is 57.4 Å². The first-order valence-corrected chi connectivity index (χ1v) is 7.50. The predicted molar refractivity (Wildman–Crippen MR) is 84.8 cm³/mol. The summed E-state index contributed by atoms with van der Waals surface area (Å²) in [7, 11) is 0. The van der Waals surface area contributed by atoms with Crippen molar-refractivity contribution in [3.63, 3.8) is 0 Å². The summed E-state index contributed by atoms with van der Waals surface area (Å²) in [5.41, 5.74) is 5.68. The third-order valence-electron chi connectivity index (χ3n) is 3.12. The van der Waals surface area contributed by atoms with E-state index in [9.17, 15) is 8.78 Å². The minimum Gasteiger partial charge on any atom is -0.492 e.